The number of H-pyrrole nitrogens is 1. The smallest absolute Gasteiger partial charge is 0.342 e. The van der Waals surface area contributed by atoms with Crippen molar-refractivity contribution < 1.29 is 55.6 Å². The first kappa shape index (κ1) is 35.3. The molecule has 5 atom stereocenters. The first-order valence-electron chi connectivity index (χ1n) is 13.2. The molecule has 0 aliphatic carbocycles. The van der Waals surface area contributed by atoms with Crippen molar-refractivity contribution >= 4 is 36.7 Å². The first-order valence-corrected chi connectivity index (χ1v) is 14.8. The van der Waals surface area contributed by atoms with Crippen molar-refractivity contribution in [2.75, 3.05) is 12.3 Å². The summed E-state index contributed by atoms with van der Waals surface area (Å²) < 4.78 is 95.0. The van der Waals surface area contributed by atoms with E-state index < -0.39 is 103 Å². The third-order valence-electron chi connectivity index (χ3n) is 6.21. The number of rotatable bonds is 13. The van der Waals surface area contributed by atoms with E-state index in [-0.39, 0.29) is 0 Å². The van der Waals surface area contributed by atoms with Gasteiger partial charge in [-0.3, -0.25) is 28.5 Å². The topological polar surface area (TPSA) is 222 Å². The molecule has 16 nitrogen and oxygen atoms in total. The number of imidazole rings is 1. The second kappa shape index (κ2) is 13.1. The van der Waals surface area contributed by atoms with Crippen molar-refractivity contribution in [1.29, 1.82) is 0 Å². The lowest BCUT2D eigenvalue weighted by Crippen LogP contribution is -2.58. The molecule has 6 N–H and O–H groups in total. The van der Waals surface area contributed by atoms with E-state index in [9.17, 15) is 32.8 Å². The maximum atomic E-state index is 15.6. The number of nitrogens with zero attached hydrogens (tertiary/aromatic N) is 3. The molecule has 1 saturated heterocycles. The molecule has 3 heterocycles. The zero-order valence-corrected chi connectivity index (χ0v) is 25.3. The highest BCUT2D eigenvalue weighted by Crippen LogP contribution is 2.54. The Bertz CT molecular complexity index is 1440. The lowest BCUT2D eigenvalue weighted by molar-refractivity contribution is -0.241. The van der Waals surface area contributed by atoms with Gasteiger partial charge in [-0.2, -0.15) is 13.8 Å². The van der Waals surface area contributed by atoms with E-state index in [1.807, 2.05) is 0 Å². The van der Waals surface area contributed by atoms with Gasteiger partial charge in [0.25, 0.3) is 12.0 Å². The molecule has 2 aromatic rings. The number of aliphatic hydroxyl groups is 1. The van der Waals surface area contributed by atoms with E-state index in [0.717, 1.165) is 20.2 Å². The predicted molar refractivity (Wildman–Crippen MR) is 144 cm³/mol. The number of hydrogen-bond donors (Lipinski definition) is 5. The molecule has 3 rings (SSSR count). The van der Waals surface area contributed by atoms with Gasteiger partial charge in [0, 0.05) is 0 Å². The molecule has 21 heteroatoms. The van der Waals surface area contributed by atoms with Gasteiger partial charge in [-0.1, -0.05) is 0 Å². The maximum absolute atomic E-state index is 15.6. The minimum Gasteiger partial charge on any atom is -0.462 e. The van der Waals surface area contributed by atoms with Crippen LogP contribution in [0.2, 0.25) is 0 Å². The van der Waals surface area contributed by atoms with Crippen LogP contribution in [0.3, 0.4) is 0 Å². The number of alkyl halides is 4. The van der Waals surface area contributed by atoms with Crippen molar-refractivity contribution in [2.45, 2.75) is 96.1 Å². The Morgan fingerprint density at radius 3 is 2.14 bits per heavy atom. The predicted octanol–water partition coefficient (Wildman–Crippen LogP) is 1.21. The summed E-state index contributed by atoms with van der Waals surface area (Å²) in [6, 6.07) is -2.94. The third kappa shape index (κ3) is 7.05. The molecule has 0 unspecified atom stereocenters. The fourth-order valence-electron chi connectivity index (χ4n) is 4.10. The number of nitrogens with one attached hydrogen (secondary N) is 3. The van der Waals surface area contributed by atoms with Gasteiger partial charge in [0.15, 0.2) is 23.5 Å². The Balaban J connectivity index is 1.99. The van der Waals surface area contributed by atoms with Gasteiger partial charge in [0.05, 0.1) is 25.1 Å². The van der Waals surface area contributed by atoms with Crippen LogP contribution >= 0.6 is 7.67 Å². The molecular weight excluding hydrogens is 625 g/mol. The van der Waals surface area contributed by atoms with Crippen molar-refractivity contribution in [3.8, 4) is 0 Å². The number of anilines is 1. The second-order valence-electron chi connectivity index (χ2n) is 10.5. The standard InChI is InChI=1S/C23H34F4N7O9P/c1-9(2)41-18(37)11(5)32-44(39,33-12(6)19(38)42-10(3)4)40-7-22(20(24)25)23(26,27)14(35)17(43-22)34-8-29-13-15(34)30-21(28)31-16(13)36/h8-12,14,17,20,35H,7H2,1-6H3,(H2,32,33,39)(H3,28,30,31,36)/t11-,12-,14-,17+,22-/m0/s1. The molecule has 44 heavy (non-hydrogen) atoms. The quantitative estimate of drug-likeness (QED) is 0.116. The number of nitrogen functional groups attached to an aromatic ring is 1. The Morgan fingerprint density at radius 2 is 1.66 bits per heavy atom. The normalized spacial score (nSPS) is 23.4. The van der Waals surface area contributed by atoms with Crippen LogP contribution < -0.4 is 21.5 Å². The minimum absolute atomic E-state index is 0.424. The zero-order valence-electron chi connectivity index (χ0n) is 24.4. The van der Waals surface area contributed by atoms with E-state index in [1.165, 1.54) is 27.7 Å². The summed E-state index contributed by atoms with van der Waals surface area (Å²) in [6.45, 7) is 6.52. The van der Waals surface area contributed by atoms with Crippen LogP contribution in [0.4, 0.5) is 23.5 Å². The fraction of sp³-hybridized carbons (Fsp3) is 0.696. The number of fused-ring (bicyclic) bond motifs is 1. The van der Waals surface area contributed by atoms with E-state index in [1.54, 1.807) is 0 Å². The average molecular weight is 660 g/mol. The van der Waals surface area contributed by atoms with Crippen LogP contribution in [-0.4, -0.2) is 91.5 Å². The summed E-state index contributed by atoms with van der Waals surface area (Å²) >= 11 is 0. The fourth-order valence-corrected chi connectivity index (χ4v) is 5.93. The molecule has 0 bridgehead atoms. The van der Waals surface area contributed by atoms with Gasteiger partial charge in [0.2, 0.25) is 11.5 Å². The van der Waals surface area contributed by atoms with Crippen LogP contribution in [0.25, 0.3) is 11.2 Å². The largest absolute Gasteiger partial charge is 0.462 e. The van der Waals surface area contributed by atoms with Crippen molar-refractivity contribution in [3.05, 3.63) is 16.7 Å². The number of aromatic amines is 1. The molecule has 2 aromatic heterocycles. The zero-order chi connectivity index (χ0) is 33.4. The van der Waals surface area contributed by atoms with Gasteiger partial charge < -0.3 is 29.6 Å². The lowest BCUT2D eigenvalue weighted by Gasteiger charge is -2.35. The number of ether oxygens (including phenoxy) is 3. The molecule has 0 saturated carbocycles. The van der Waals surface area contributed by atoms with Gasteiger partial charge in [-0.05, 0) is 41.5 Å². The summed E-state index contributed by atoms with van der Waals surface area (Å²) in [5.74, 6) is -7.22. The molecule has 0 amide bonds. The SMILES string of the molecule is CC(C)OC(=O)[C@H](C)NP(=O)(N[C@@H](C)C(=O)OC(C)C)OC[C@@]1(C(F)F)O[C@@H](n2cnc3c(=O)[nH]c(N)nc32)[C@H](O)C1(F)F. The molecule has 1 fully saturated rings. The number of hydrogen-bond acceptors (Lipinski definition) is 12. The number of nitrogens with two attached hydrogens (primary N) is 1. The average Bonchev–Trinajstić information content (AvgIpc) is 3.39. The highest BCUT2D eigenvalue weighted by Gasteiger charge is 2.74. The highest BCUT2D eigenvalue weighted by atomic mass is 31.2. The maximum Gasteiger partial charge on any atom is 0.342 e. The van der Waals surface area contributed by atoms with E-state index in [4.69, 9.17) is 24.5 Å². The molecule has 248 valence electrons. The summed E-state index contributed by atoms with van der Waals surface area (Å²) in [6.07, 6.45) is -9.90. The lowest BCUT2D eigenvalue weighted by atomic mass is 9.95. The molecule has 0 radical (unpaired) electrons. The molecule has 0 spiro atoms. The van der Waals surface area contributed by atoms with Gasteiger partial charge in [-0.25, -0.2) is 23.9 Å². The number of halogens is 4. The summed E-state index contributed by atoms with van der Waals surface area (Å²) in [7, 11) is -4.89. The second-order valence-corrected chi connectivity index (χ2v) is 12.4. The number of carbonyl (C=O) groups excluding carboxylic acids is 2. The minimum atomic E-state index is -4.89. The van der Waals surface area contributed by atoms with Crippen LogP contribution in [0, 0.1) is 0 Å². The molecular formula is C23H34F4N7O9P. The summed E-state index contributed by atoms with van der Waals surface area (Å²) in [5, 5.41) is 14.9. The van der Waals surface area contributed by atoms with Gasteiger partial charge >= 0.3 is 25.5 Å². The Labute approximate surface area is 247 Å². The molecule has 1 aliphatic rings. The van der Waals surface area contributed by atoms with E-state index in [2.05, 4.69) is 25.1 Å². The Kier molecular flexibility index (Phi) is 10.5. The number of carbonyl (C=O) groups is 2. The van der Waals surface area contributed by atoms with Gasteiger partial charge in [0.1, 0.15) is 12.1 Å². The van der Waals surface area contributed by atoms with E-state index >= 15 is 8.78 Å². The Morgan fingerprint density at radius 1 is 1.14 bits per heavy atom. The van der Waals surface area contributed by atoms with Crippen molar-refractivity contribution in [1.82, 2.24) is 29.7 Å². The van der Waals surface area contributed by atoms with Crippen molar-refractivity contribution in [3.63, 3.8) is 0 Å². The molecule has 1 aliphatic heterocycles. The number of aromatic nitrogens is 4. The monoisotopic (exact) mass is 659 g/mol. The summed E-state index contributed by atoms with van der Waals surface area (Å²) in [5.41, 5.74) is -0.251. The third-order valence-corrected chi connectivity index (χ3v) is 8.16. The van der Waals surface area contributed by atoms with Crippen LogP contribution in [-0.2, 0) is 32.9 Å². The van der Waals surface area contributed by atoms with Crippen molar-refractivity contribution in [2.24, 2.45) is 0 Å². The summed E-state index contributed by atoms with van der Waals surface area (Å²) in [4.78, 5) is 46.4. The van der Waals surface area contributed by atoms with E-state index in [0.29, 0.717) is 4.57 Å². The first-order chi connectivity index (χ1) is 20.2. The molecule has 0 aromatic carbocycles. The van der Waals surface area contributed by atoms with Crippen LogP contribution in [0.15, 0.2) is 11.1 Å². The Hall–Kier alpha value is -3.16. The van der Waals surface area contributed by atoms with Crippen LogP contribution in [0.5, 0.6) is 0 Å². The van der Waals surface area contributed by atoms with Crippen LogP contribution in [0.1, 0.15) is 47.8 Å². The van der Waals surface area contributed by atoms with Gasteiger partial charge in [-0.15, -0.1) is 0 Å². The highest BCUT2D eigenvalue weighted by molar-refractivity contribution is 7.54. The number of esters is 2. The number of aliphatic hydroxyl groups excluding tert-OH is 1.